The van der Waals surface area contributed by atoms with Crippen molar-refractivity contribution < 1.29 is 9.59 Å². The summed E-state index contributed by atoms with van der Waals surface area (Å²) in [4.78, 5) is 30.8. The van der Waals surface area contributed by atoms with Crippen LogP contribution in [0.1, 0.15) is 16.7 Å². The van der Waals surface area contributed by atoms with Crippen LogP contribution in [0.5, 0.6) is 0 Å². The van der Waals surface area contributed by atoms with E-state index in [1.807, 2.05) is 92.6 Å². The number of hydrogen-bond acceptors (Lipinski definition) is 8. The Morgan fingerprint density at radius 2 is 1.66 bits per heavy atom. The Bertz CT molecular complexity index is 1890. The molecule has 11 heteroatoms. The van der Waals surface area contributed by atoms with Gasteiger partial charge in [-0.1, -0.05) is 48.0 Å². The maximum absolute atomic E-state index is 13.8. The number of carbonyl (C=O) groups excluding carboxylic acids is 2. The number of anilines is 2. The zero-order valence-electron chi connectivity index (χ0n) is 22.5. The largest absolute Gasteiger partial charge is 0.378 e. The smallest absolute Gasteiger partial charge is 0.286 e. The number of para-hydroxylation sites is 1. The lowest BCUT2D eigenvalue weighted by Crippen LogP contribution is -2.54. The number of pyridine rings is 1. The van der Waals surface area contributed by atoms with E-state index >= 15 is 0 Å². The molecule has 2 amide bonds. The first kappa shape index (κ1) is 26.0. The molecule has 3 aromatic carbocycles. The number of aryl methyl sites for hydroxylation is 1. The molecule has 41 heavy (non-hydrogen) atoms. The van der Waals surface area contributed by atoms with Crippen LogP contribution in [-0.4, -0.2) is 62.3 Å². The van der Waals surface area contributed by atoms with Crippen LogP contribution in [0.2, 0.25) is 0 Å². The number of benzene rings is 3. The van der Waals surface area contributed by atoms with Crippen molar-refractivity contribution in [3.05, 3.63) is 101 Å². The first-order valence-corrected chi connectivity index (χ1v) is 13.1. The molecular weight excluding hydrogens is 536 g/mol. The standard InChI is InChI=1S/C30H24N8O2S/c1-19-8-12-24(13-9-19)36-28(39)25(16-20-10-14-23(15-11-20)35(2)3)29(40)38(30(36)41)31-18-22-17-21-6-4-5-7-26(21)37-27(22)32-33-34-37/h4-18H,1-3H3/b25-16+,31-18+. The Morgan fingerprint density at radius 1 is 0.927 bits per heavy atom. The van der Waals surface area contributed by atoms with Crippen LogP contribution in [0.4, 0.5) is 11.4 Å². The monoisotopic (exact) mass is 560 g/mol. The maximum atomic E-state index is 13.8. The SMILES string of the molecule is Cc1ccc(N2C(=O)/C(=C\c3ccc(N(C)C)cc3)C(=O)N(/N=C/c3cc4ccccc4n4nnnc34)C2=S)cc1. The number of nitrogens with zero attached hydrogens (tertiary/aromatic N) is 8. The predicted molar refractivity (Wildman–Crippen MR) is 163 cm³/mol. The summed E-state index contributed by atoms with van der Waals surface area (Å²) in [5.41, 5.74) is 5.04. The highest BCUT2D eigenvalue weighted by atomic mass is 32.1. The van der Waals surface area contributed by atoms with Gasteiger partial charge in [-0.2, -0.15) is 14.6 Å². The fourth-order valence-corrected chi connectivity index (χ4v) is 4.87. The summed E-state index contributed by atoms with van der Waals surface area (Å²) in [6.45, 7) is 1.95. The molecule has 0 aliphatic carbocycles. The molecule has 6 rings (SSSR count). The van der Waals surface area contributed by atoms with E-state index in [9.17, 15) is 9.59 Å². The van der Waals surface area contributed by atoms with Gasteiger partial charge in [-0.15, -0.1) is 5.10 Å². The van der Waals surface area contributed by atoms with Crippen LogP contribution in [0.25, 0.3) is 22.6 Å². The topological polar surface area (TPSA) is 99.3 Å². The molecule has 1 saturated heterocycles. The Morgan fingerprint density at radius 3 is 2.39 bits per heavy atom. The van der Waals surface area contributed by atoms with Gasteiger partial charge in [0.1, 0.15) is 5.57 Å². The van der Waals surface area contributed by atoms with Crippen molar-refractivity contribution in [1.29, 1.82) is 0 Å². The van der Waals surface area contributed by atoms with Crippen molar-refractivity contribution in [1.82, 2.24) is 25.0 Å². The van der Waals surface area contributed by atoms with Crippen LogP contribution in [0, 0.1) is 6.92 Å². The fourth-order valence-electron chi connectivity index (χ4n) is 4.56. The average Bonchev–Trinajstić information content (AvgIpc) is 3.47. The van der Waals surface area contributed by atoms with Crippen LogP contribution in [0.15, 0.2) is 89.5 Å². The van der Waals surface area contributed by atoms with Gasteiger partial charge in [0.05, 0.1) is 17.4 Å². The van der Waals surface area contributed by atoms with E-state index in [4.69, 9.17) is 12.2 Å². The average molecular weight is 561 g/mol. The molecule has 0 atom stereocenters. The minimum atomic E-state index is -0.632. The number of carbonyl (C=O) groups is 2. The highest BCUT2D eigenvalue weighted by molar-refractivity contribution is 7.80. The molecule has 5 aromatic rings. The van der Waals surface area contributed by atoms with E-state index in [1.54, 1.807) is 22.7 Å². The molecule has 2 aromatic heterocycles. The van der Waals surface area contributed by atoms with Gasteiger partial charge in [-0.25, -0.2) is 0 Å². The number of amides is 2. The number of fused-ring (bicyclic) bond motifs is 3. The minimum Gasteiger partial charge on any atom is -0.378 e. The molecule has 0 saturated carbocycles. The molecule has 0 radical (unpaired) electrons. The van der Waals surface area contributed by atoms with E-state index in [0.29, 0.717) is 22.5 Å². The summed E-state index contributed by atoms with van der Waals surface area (Å²) in [5, 5.41) is 18.4. The molecule has 0 spiro atoms. The quantitative estimate of drug-likeness (QED) is 0.137. The summed E-state index contributed by atoms with van der Waals surface area (Å²) in [7, 11) is 3.88. The van der Waals surface area contributed by atoms with Crippen molar-refractivity contribution in [2.24, 2.45) is 5.10 Å². The molecule has 3 heterocycles. The van der Waals surface area contributed by atoms with E-state index < -0.39 is 11.8 Å². The zero-order chi connectivity index (χ0) is 28.7. The second-order valence-electron chi connectivity index (χ2n) is 9.74. The number of tetrazole rings is 1. The summed E-state index contributed by atoms with van der Waals surface area (Å²) in [6.07, 6.45) is 3.04. The third-order valence-electron chi connectivity index (χ3n) is 6.76. The van der Waals surface area contributed by atoms with Crippen molar-refractivity contribution in [2.75, 3.05) is 23.9 Å². The van der Waals surface area contributed by atoms with Gasteiger partial charge in [0.2, 0.25) is 5.11 Å². The van der Waals surface area contributed by atoms with E-state index in [0.717, 1.165) is 27.2 Å². The Kier molecular flexibility index (Phi) is 6.56. The van der Waals surface area contributed by atoms with Crippen molar-refractivity contribution in [2.45, 2.75) is 6.92 Å². The molecule has 0 N–H and O–H groups in total. The molecule has 1 aliphatic heterocycles. The molecule has 202 valence electrons. The Hall–Kier alpha value is -5.29. The van der Waals surface area contributed by atoms with Crippen molar-refractivity contribution in [3.8, 4) is 0 Å². The lowest BCUT2D eigenvalue weighted by molar-refractivity contribution is -0.127. The fraction of sp³-hybridized carbons (Fsp3) is 0.100. The highest BCUT2D eigenvalue weighted by Crippen LogP contribution is 2.27. The van der Waals surface area contributed by atoms with Gasteiger partial charge in [0.15, 0.2) is 5.65 Å². The summed E-state index contributed by atoms with van der Waals surface area (Å²) in [5.74, 6) is -1.16. The van der Waals surface area contributed by atoms with Crippen molar-refractivity contribution >= 4 is 69.4 Å². The van der Waals surface area contributed by atoms with Crippen LogP contribution in [0.3, 0.4) is 0 Å². The Labute approximate surface area is 240 Å². The third kappa shape index (κ3) is 4.72. The van der Waals surface area contributed by atoms with E-state index in [1.165, 1.54) is 11.1 Å². The number of hydrogen-bond donors (Lipinski definition) is 0. The molecule has 0 bridgehead atoms. The van der Waals surface area contributed by atoms with Gasteiger partial charge < -0.3 is 4.90 Å². The molecular formula is C30H24N8O2S. The number of aromatic nitrogens is 4. The van der Waals surface area contributed by atoms with Gasteiger partial charge in [0, 0.05) is 30.7 Å². The van der Waals surface area contributed by atoms with Gasteiger partial charge in [0.25, 0.3) is 11.8 Å². The van der Waals surface area contributed by atoms with E-state index in [2.05, 4.69) is 20.6 Å². The summed E-state index contributed by atoms with van der Waals surface area (Å²) >= 11 is 5.67. The molecule has 1 fully saturated rings. The van der Waals surface area contributed by atoms with Crippen LogP contribution < -0.4 is 9.80 Å². The third-order valence-corrected chi connectivity index (χ3v) is 7.11. The van der Waals surface area contributed by atoms with E-state index in [-0.39, 0.29) is 10.7 Å². The highest BCUT2D eigenvalue weighted by Gasteiger charge is 2.40. The second-order valence-corrected chi connectivity index (χ2v) is 10.1. The molecule has 0 unspecified atom stereocenters. The summed E-state index contributed by atoms with van der Waals surface area (Å²) in [6, 6.07) is 24.4. The lowest BCUT2D eigenvalue weighted by Gasteiger charge is -2.33. The molecule has 1 aliphatic rings. The zero-order valence-corrected chi connectivity index (χ0v) is 23.3. The Balaban J connectivity index is 1.44. The van der Waals surface area contributed by atoms with Gasteiger partial charge in [-0.3, -0.25) is 14.5 Å². The van der Waals surface area contributed by atoms with Gasteiger partial charge in [-0.05, 0) is 77.6 Å². The molecule has 10 nitrogen and oxygen atoms in total. The van der Waals surface area contributed by atoms with Crippen LogP contribution in [-0.2, 0) is 9.59 Å². The number of thiocarbonyl (C=S) groups is 1. The first-order valence-electron chi connectivity index (χ1n) is 12.7. The number of hydrazone groups is 1. The lowest BCUT2D eigenvalue weighted by atomic mass is 10.1. The van der Waals surface area contributed by atoms with Crippen LogP contribution >= 0.6 is 12.2 Å². The maximum Gasteiger partial charge on any atom is 0.286 e. The normalized spacial score (nSPS) is 15.2. The second kappa shape index (κ2) is 10.4. The summed E-state index contributed by atoms with van der Waals surface area (Å²) < 4.78 is 1.61. The first-order chi connectivity index (χ1) is 19.8. The number of rotatable bonds is 5. The minimum absolute atomic E-state index is 0.0587. The predicted octanol–water partition coefficient (Wildman–Crippen LogP) is 4.23. The van der Waals surface area contributed by atoms with Gasteiger partial charge >= 0.3 is 0 Å². The van der Waals surface area contributed by atoms with Crippen molar-refractivity contribution in [3.63, 3.8) is 0 Å².